The van der Waals surface area contributed by atoms with E-state index >= 15 is 0 Å². The lowest BCUT2D eigenvalue weighted by atomic mass is 10.2. The molecule has 2 rings (SSSR count). The Bertz CT molecular complexity index is 497. The van der Waals surface area contributed by atoms with Crippen molar-refractivity contribution in [2.24, 2.45) is 10.3 Å². The van der Waals surface area contributed by atoms with Crippen LogP contribution in [0.15, 0.2) is 57.7 Å². The van der Waals surface area contributed by atoms with E-state index in [2.05, 4.69) is 15.4 Å². The summed E-state index contributed by atoms with van der Waals surface area (Å²) >= 11 is 0. The molecule has 0 aliphatic rings. The van der Waals surface area contributed by atoms with Crippen LogP contribution in [0.25, 0.3) is 0 Å². The minimum Gasteiger partial charge on any atom is -0.281 e. The van der Waals surface area contributed by atoms with Crippen molar-refractivity contribution < 1.29 is 0 Å². The second-order valence-electron chi connectivity index (χ2n) is 2.99. The predicted molar refractivity (Wildman–Crippen MR) is 55.5 cm³/mol. The smallest absolute Gasteiger partial charge is 0.281 e. The van der Waals surface area contributed by atoms with Gasteiger partial charge < -0.3 is 0 Å². The molecule has 1 aromatic carbocycles. The molecule has 15 heavy (non-hydrogen) atoms. The molecule has 0 fully saturated rings. The van der Waals surface area contributed by atoms with Crippen LogP contribution in [-0.2, 0) is 6.54 Å². The van der Waals surface area contributed by atoms with Gasteiger partial charge in [-0.3, -0.25) is 9.89 Å². The largest absolute Gasteiger partial charge is 0.289 e. The van der Waals surface area contributed by atoms with E-state index in [1.807, 2.05) is 30.3 Å². The molecule has 0 radical (unpaired) electrons. The number of nitrogens with zero attached hydrogens (tertiary/aromatic N) is 3. The molecule has 76 valence electrons. The van der Waals surface area contributed by atoms with Gasteiger partial charge in [-0.25, -0.2) is 0 Å². The van der Waals surface area contributed by atoms with Gasteiger partial charge in [-0.2, -0.15) is 5.11 Å². The van der Waals surface area contributed by atoms with Crippen LogP contribution in [0.2, 0.25) is 0 Å². The Labute approximate surface area is 86.0 Å². The average molecular weight is 202 g/mol. The molecule has 5 nitrogen and oxygen atoms in total. The first kappa shape index (κ1) is 9.39. The molecule has 0 saturated heterocycles. The molecule has 0 aliphatic carbocycles. The fourth-order valence-corrected chi connectivity index (χ4v) is 1.14. The zero-order chi connectivity index (χ0) is 10.5. The van der Waals surface area contributed by atoms with Crippen molar-refractivity contribution in [3.05, 3.63) is 58.5 Å². The standard InChI is InChI=1S/C10H10N4O/c15-10-6-7-12-14(10)13-11-8-9-4-2-1-3-5-9/h1-7,12H,8H2. The normalized spacial score (nSPS) is 10.9. The van der Waals surface area contributed by atoms with Gasteiger partial charge in [0.2, 0.25) is 0 Å². The van der Waals surface area contributed by atoms with Crippen LogP contribution in [0.3, 0.4) is 0 Å². The molecule has 0 aliphatic heterocycles. The minimum atomic E-state index is -0.216. The molecule has 0 saturated carbocycles. The summed E-state index contributed by atoms with van der Waals surface area (Å²) in [5.41, 5.74) is 0.840. The van der Waals surface area contributed by atoms with E-state index in [9.17, 15) is 4.79 Å². The maximum atomic E-state index is 11.0. The molecule has 0 unspecified atom stereocenters. The predicted octanol–water partition coefficient (Wildman–Crippen LogP) is 1.59. The van der Waals surface area contributed by atoms with E-state index in [-0.39, 0.29) is 5.56 Å². The van der Waals surface area contributed by atoms with Crippen LogP contribution in [0.5, 0.6) is 0 Å². The summed E-state index contributed by atoms with van der Waals surface area (Å²) in [5.74, 6) is 0. The van der Waals surface area contributed by atoms with E-state index in [1.165, 1.54) is 12.3 Å². The molecular formula is C10H10N4O. The zero-order valence-corrected chi connectivity index (χ0v) is 8.00. The van der Waals surface area contributed by atoms with Gasteiger partial charge in [0.15, 0.2) is 0 Å². The first-order chi connectivity index (χ1) is 7.36. The first-order valence-electron chi connectivity index (χ1n) is 4.54. The molecule has 1 aromatic heterocycles. The Kier molecular flexibility index (Phi) is 2.73. The SMILES string of the molecule is O=c1cc[nH]n1N=NCc1ccccc1. The number of nitrogens with one attached hydrogen (secondary N) is 1. The number of H-pyrrole nitrogens is 1. The quantitative estimate of drug-likeness (QED) is 0.755. The van der Waals surface area contributed by atoms with Crippen LogP contribution in [0, 0.1) is 0 Å². The Morgan fingerprint density at radius 3 is 2.67 bits per heavy atom. The third-order valence-corrected chi connectivity index (χ3v) is 1.88. The van der Waals surface area contributed by atoms with Crippen LogP contribution >= 0.6 is 0 Å². The highest BCUT2D eigenvalue weighted by molar-refractivity contribution is 5.14. The van der Waals surface area contributed by atoms with Gasteiger partial charge in [0.05, 0.1) is 6.54 Å². The lowest BCUT2D eigenvalue weighted by Gasteiger charge is -1.93. The van der Waals surface area contributed by atoms with Crippen LogP contribution < -0.4 is 5.56 Å². The molecule has 0 spiro atoms. The fourth-order valence-electron chi connectivity index (χ4n) is 1.14. The molecule has 0 atom stereocenters. The molecule has 2 aromatic rings. The van der Waals surface area contributed by atoms with Gasteiger partial charge in [-0.1, -0.05) is 30.3 Å². The van der Waals surface area contributed by atoms with E-state index in [0.717, 1.165) is 10.4 Å². The molecule has 1 N–H and O–H groups in total. The third-order valence-electron chi connectivity index (χ3n) is 1.88. The van der Waals surface area contributed by atoms with Crippen LogP contribution in [0.1, 0.15) is 5.56 Å². The van der Waals surface area contributed by atoms with Crippen molar-refractivity contribution in [3.8, 4) is 0 Å². The van der Waals surface area contributed by atoms with Crippen molar-refractivity contribution in [2.75, 3.05) is 0 Å². The molecular weight excluding hydrogens is 192 g/mol. The average Bonchev–Trinajstić information content (AvgIpc) is 2.66. The summed E-state index contributed by atoms with van der Waals surface area (Å²) in [6.07, 6.45) is 1.52. The summed E-state index contributed by atoms with van der Waals surface area (Å²) in [6, 6.07) is 11.1. The molecule has 5 heteroatoms. The summed E-state index contributed by atoms with van der Waals surface area (Å²) in [6.45, 7) is 0.465. The van der Waals surface area contributed by atoms with Crippen molar-refractivity contribution in [1.29, 1.82) is 0 Å². The monoisotopic (exact) mass is 202 g/mol. The minimum absolute atomic E-state index is 0.216. The summed E-state index contributed by atoms with van der Waals surface area (Å²) in [5, 5.41) is 10.3. The van der Waals surface area contributed by atoms with Crippen LogP contribution in [-0.4, -0.2) is 9.89 Å². The number of aromatic amines is 1. The second-order valence-corrected chi connectivity index (χ2v) is 2.99. The van der Waals surface area contributed by atoms with Crippen molar-refractivity contribution in [1.82, 2.24) is 9.89 Å². The van der Waals surface area contributed by atoms with Crippen molar-refractivity contribution in [2.45, 2.75) is 6.54 Å². The Balaban J connectivity index is 2.03. The highest BCUT2D eigenvalue weighted by atomic mass is 16.1. The summed E-state index contributed by atoms with van der Waals surface area (Å²) in [4.78, 5) is 12.1. The summed E-state index contributed by atoms with van der Waals surface area (Å²) in [7, 11) is 0. The molecule has 1 heterocycles. The fraction of sp³-hybridized carbons (Fsp3) is 0.100. The lowest BCUT2D eigenvalue weighted by molar-refractivity contribution is 0.642. The summed E-state index contributed by atoms with van der Waals surface area (Å²) < 4.78 is 0. The van der Waals surface area contributed by atoms with Crippen molar-refractivity contribution in [3.63, 3.8) is 0 Å². The number of rotatable bonds is 3. The van der Waals surface area contributed by atoms with E-state index < -0.39 is 0 Å². The van der Waals surface area contributed by atoms with E-state index in [0.29, 0.717) is 6.54 Å². The maximum Gasteiger partial charge on any atom is 0.289 e. The Morgan fingerprint density at radius 1 is 1.20 bits per heavy atom. The Morgan fingerprint density at radius 2 is 2.00 bits per heavy atom. The van der Waals surface area contributed by atoms with Gasteiger partial charge in [0.1, 0.15) is 0 Å². The third kappa shape index (κ3) is 2.40. The van der Waals surface area contributed by atoms with Gasteiger partial charge in [-0.15, -0.1) is 4.79 Å². The van der Waals surface area contributed by atoms with E-state index in [1.54, 1.807) is 0 Å². The van der Waals surface area contributed by atoms with Gasteiger partial charge in [0.25, 0.3) is 5.56 Å². The number of benzene rings is 1. The van der Waals surface area contributed by atoms with Gasteiger partial charge in [-0.05, 0) is 10.8 Å². The molecule has 0 amide bonds. The van der Waals surface area contributed by atoms with Gasteiger partial charge >= 0.3 is 0 Å². The van der Waals surface area contributed by atoms with E-state index in [4.69, 9.17) is 0 Å². The highest BCUT2D eigenvalue weighted by Crippen LogP contribution is 1.99. The first-order valence-corrected chi connectivity index (χ1v) is 4.54. The zero-order valence-electron chi connectivity index (χ0n) is 8.00. The number of aromatic nitrogens is 2. The lowest BCUT2D eigenvalue weighted by Crippen LogP contribution is -2.09. The van der Waals surface area contributed by atoms with Gasteiger partial charge in [0, 0.05) is 12.3 Å². The van der Waals surface area contributed by atoms with Crippen LogP contribution in [0.4, 0.5) is 0 Å². The molecule has 0 bridgehead atoms. The number of hydrogen-bond acceptors (Lipinski definition) is 3. The van der Waals surface area contributed by atoms with Crippen molar-refractivity contribution >= 4 is 0 Å². The second kappa shape index (κ2) is 4.36. The highest BCUT2D eigenvalue weighted by Gasteiger charge is 1.91. The maximum absolute atomic E-state index is 11.0. The number of hydrogen-bond donors (Lipinski definition) is 1. The Hall–Kier alpha value is -2.17. The topological polar surface area (TPSA) is 62.5 Å².